The quantitative estimate of drug-likeness (QED) is 0.862. The Balaban J connectivity index is 1.90. The molecule has 0 atom stereocenters. The zero-order chi connectivity index (χ0) is 14.7. The van der Waals surface area contributed by atoms with E-state index in [9.17, 15) is 0 Å². The van der Waals surface area contributed by atoms with Gasteiger partial charge in [-0.1, -0.05) is 5.16 Å². The van der Waals surface area contributed by atoms with Gasteiger partial charge in [0.15, 0.2) is 5.82 Å². The lowest BCUT2D eigenvalue weighted by molar-refractivity contribution is 0.00915. The van der Waals surface area contributed by atoms with Gasteiger partial charge >= 0.3 is 0 Å². The van der Waals surface area contributed by atoms with Crippen molar-refractivity contribution in [3.63, 3.8) is 0 Å². The van der Waals surface area contributed by atoms with E-state index in [2.05, 4.69) is 16.2 Å². The summed E-state index contributed by atoms with van der Waals surface area (Å²) >= 11 is 1.42. The molecule has 3 rings (SSSR count). The van der Waals surface area contributed by atoms with Gasteiger partial charge in [0, 0.05) is 25.7 Å². The molecule has 1 saturated heterocycles. The van der Waals surface area contributed by atoms with Crippen LogP contribution in [-0.2, 0) is 14.9 Å². The van der Waals surface area contributed by atoms with Gasteiger partial charge in [0.05, 0.1) is 22.5 Å². The van der Waals surface area contributed by atoms with Gasteiger partial charge in [-0.15, -0.1) is 11.3 Å². The van der Waals surface area contributed by atoms with Crippen LogP contribution in [0.15, 0.2) is 16.0 Å². The monoisotopic (exact) mass is 305 g/mol. The third-order valence-electron chi connectivity index (χ3n) is 3.71. The highest BCUT2D eigenvalue weighted by atomic mass is 32.1. The molecule has 0 spiro atoms. The summed E-state index contributed by atoms with van der Waals surface area (Å²) in [5, 5.41) is 14.8. The minimum atomic E-state index is -0.246. The Labute approximate surface area is 126 Å². The Morgan fingerprint density at radius 1 is 1.48 bits per heavy atom. The van der Waals surface area contributed by atoms with Crippen molar-refractivity contribution in [1.29, 1.82) is 5.26 Å². The summed E-state index contributed by atoms with van der Waals surface area (Å²) in [6, 6.07) is 3.86. The molecular formula is C14H15N3O3S. The predicted octanol–water partition coefficient (Wildman–Crippen LogP) is 2.36. The first-order valence-corrected chi connectivity index (χ1v) is 7.55. The Bertz CT molecular complexity index is 647. The van der Waals surface area contributed by atoms with E-state index >= 15 is 0 Å². The highest BCUT2D eigenvalue weighted by Crippen LogP contribution is 2.35. The van der Waals surface area contributed by atoms with Crippen LogP contribution in [0.3, 0.4) is 0 Å². The van der Waals surface area contributed by atoms with E-state index in [0.717, 1.165) is 17.7 Å². The Morgan fingerprint density at radius 2 is 2.29 bits per heavy atom. The van der Waals surface area contributed by atoms with Crippen LogP contribution in [0.2, 0.25) is 0 Å². The van der Waals surface area contributed by atoms with Crippen LogP contribution in [0.4, 0.5) is 0 Å². The molecule has 0 unspecified atom stereocenters. The number of methoxy groups -OCH3 is 1. The summed E-state index contributed by atoms with van der Waals surface area (Å²) in [4.78, 5) is 5.34. The van der Waals surface area contributed by atoms with Crippen molar-refractivity contribution in [3.8, 4) is 16.8 Å². The number of thiophene rings is 1. The summed E-state index contributed by atoms with van der Waals surface area (Å²) < 4.78 is 16.2. The Kier molecular flexibility index (Phi) is 4.01. The average Bonchev–Trinajstić information content (AvgIpc) is 3.17. The summed E-state index contributed by atoms with van der Waals surface area (Å²) in [7, 11) is 1.68. The van der Waals surface area contributed by atoms with Gasteiger partial charge in [0.2, 0.25) is 0 Å². The zero-order valence-corrected chi connectivity index (χ0v) is 12.5. The molecule has 3 heterocycles. The van der Waals surface area contributed by atoms with Gasteiger partial charge in [0.25, 0.3) is 5.89 Å². The number of ether oxygens (including phenoxy) is 2. The second-order valence-corrected chi connectivity index (χ2v) is 5.97. The van der Waals surface area contributed by atoms with Crippen LogP contribution in [0.25, 0.3) is 10.8 Å². The first-order chi connectivity index (χ1) is 10.3. The molecule has 21 heavy (non-hydrogen) atoms. The van der Waals surface area contributed by atoms with Crippen LogP contribution in [-0.4, -0.2) is 37.1 Å². The smallest absolute Gasteiger partial charge is 0.268 e. The first-order valence-electron chi connectivity index (χ1n) is 6.67. The fourth-order valence-corrected chi connectivity index (χ4v) is 3.27. The molecule has 1 aliphatic rings. The van der Waals surface area contributed by atoms with Crippen molar-refractivity contribution < 1.29 is 14.0 Å². The van der Waals surface area contributed by atoms with E-state index in [1.165, 1.54) is 11.3 Å². The van der Waals surface area contributed by atoms with Crippen molar-refractivity contribution in [2.24, 2.45) is 0 Å². The molecule has 110 valence electrons. The molecule has 2 aromatic rings. The third-order valence-corrected chi connectivity index (χ3v) is 4.63. The van der Waals surface area contributed by atoms with Gasteiger partial charge in [-0.3, -0.25) is 0 Å². The van der Waals surface area contributed by atoms with E-state index in [1.807, 2.05) is 0 Å². The van der Waals surface area contributed by atoms with Crippen molar-refractivity contribution in [2.45, 2.75) is 18.3 Å². The maximum Gasteiger partial charge on any atom is 0.268 e. The molecule has 1 aliphatic heterocycles. The summed E-state index contributed by atoms with van der Waals surface area (Å²) in [5.41, 5.74) is 0.358. The number of nitriles is 1. The Hall–Kier alpha value is -1.75. The Morgan fingerprint density at radius 3 is 2.95 bits per heavy atom. The summed E-state index contributed by atoms with van der Waals surface area (Å²) in [5.74, 6) is 1.12. The average molecular weight is 305 g/mol. The van der Waals surface area contributed by atoms with Crippen LogP contribution in [0, 0.1) is 11.3 Å². The fourth-order valence-electron chi connectivity index (χ4n) is 2.52. The normalized spacial score (nSPS) is 17.5. The zero-order valence-electron chi connectivity index (χ0n) is 11.7. The number of rotatable bonds is 4. The number of nitrogens with zero attached hydrogens (tertiary/aromatic N) is 3. The first kappa shape index (κ1) is 14.2. The lowest BCUT2D eigenvalue weighted by Gasteiger charge is -2.33. The molecule has 1 fully saturated rings. The molecule has 0 N–H and O–H groups in total. The van der Waals surface area contributed by atoms with E-state index in [1.54, 1.807) is 18.6 Å². The summed E-state index contributed by atoms with van der Waals surface area (Å²) in [6.07, 6.45) is 1.63. The minimum Gasteiger partial charge on any atom is -0.384 e. The predicted molar refractivity (Wildman–Crippen MR) is 75.9 cm³/mol. The lowest BCUT2D eigenvalue weighted by Crippen LogP contribution is -2.39. The van der Waals surface area contributed by atoms with Crippen molar-refractivity contribution in [3.05, 3.63) is 22.8 Å². The van der Waals surface area contributed by atoms with E-state index in [4.69, 9.17) is 19.3 Å². The lowest BCUT2D eigenvalue weighted by atomic mass is 9.80. The maximum atomic E-state index is 8.88. The molecule has 0 amide bonds. The third kappa shape index (κ3) is 2.70. The molecule has 0 saturated carbocycles. The van der Waals surface area contributed by atoms with Gasteiger partial charge in [-0.2, -0.15) is 10.2 Å². The van der Waals surface area contributed by atoms with E-state index in [-0.39, 0.29) is 5.41 Å². The van der Waals surface area contributed by atoms with E-state index < -0.39 is 0 Å². The van der Waals surface area contributed by atoms with Crippen molar-refractivity contribution >= 4 is 11.3 Å². The van der Waals surface area contributed by atoms with Crippen LogP contribution >= 0.6 is 11.3 Å². The van der Waals surface area contributed by atoms with Crippen molar-refractivity contribution in [1.82, 2.24) is 10.1 Å². The van der Waals surface area contributed by atoms with Gasteiger partial charge in [0.1, 0.15) is 6.07 Å². The van der Waals surface area contributed by atoms with Crippen LogP contribution in [0.5, 0.6) is 0 Å². The van der Waals surface area contributed by atoms with Crippen molar-refractivity contribution in [2.75, 3.05) is 26.9 Å². The van der Waals surface area contributed by atoms with E-state index in [0.29, 0.717) is 37.1 Å². The summed E-state index contributed by atoms with van der Waals surface area (Å²) in [6.45, 7) is 1.89. The number of hydrogen-bond donors (Lipinski definition) is 0. The maximum absolute atomic E-state index is 8.88. The SMILES string of the molecule is COCC1(c2noc(-c3cc(C#N)cs3)n2)CCOCC1. The second-order valence-electron chi connectivity index (χ2n) is 5.06. The molecule has 0 aromatic carbocycles. The molecule has 6 nitrogen and oxygen atoms in total. The minimum absolute atomic E-state index is 0.246. The standard InChI is InChI=1S/C14H15N3O3S/c1-18-9-14(2-4-19-5-3-14)13-16-12(20-17-13)11-6-10(7-15)8-21-11/h6,8H,2-5,9H2,1H3. The van der Waals surface area contributed by atoms with Gasteiger partial charge in [-0.25, -0.2) is 0 Å². The largest absolute Gasteiger partial charge is 0.384 e. The molecule has 0 bridgehead atoms. The molecular weight excluding hydrogens is 290 g/mol. The molecule has 0 aliphatic carbocycles. The van der Waals surface area contributed by atoms with Crippen LogP contribution < -0.4 is 0 Å². The molecule has 0 radical (unpaired) electrons. The molecule has 2 aromatic heterocycles. The van der Waals surface area contributed by atoms with Gasteiger partial charge < -0.3 is 14.0 Å². The fraction of sp³-hybridized carbons (Fsp3) is 0.500. The number of hydrogen-bond acceptors (Lipinski definition) is 7. The highest BCUT2D eigenvalue weighted by Gasteiger charge is 2.39. The number of aromatic nitrogens is 2. The highest BCUT2D eigenvalue weighted by molar-refractivity contribution is 7.13. The topological polar surface area (TPSA) is 81.2 Å². The van der Waals surface area contributed by atoms with Crippen LogP contribution in [0.1, 0.15) is 24.2 Å². The molecule has 7 heteroatoms. The second kappa shape index (κ2) is 5.93. The van der Waals surface area contributed by atoms with Gasteiger partial charge in [-0.05, 0) is 18.9 Å².